The van der Waals surface area contributed by atoms with Crippen LogP contribution in [-0.2, 0) is 0 Å². The molecule has 0 aromatic rings. The monoisotopic (exact) mass is 193 g/mol. The fourth-order valence-corrected chi connectivity index (χ4v) is 0.483. The minimum absolute atomic E-state index is 0.311. The van der Waals surface area contributed by atoms with E-state index in [0.29, 0.717) is 12.8 Å². The van der Waals surface area contributed by atoms with Gasteiger partial charge in [-0.25, -0.2) is 0 Å². The first-order chi connectivity index (χ1) is 6.33. The molecule has 0 aliphatic rings. The topological polar surface area (TPSA) is 40.5 Å². The highest BCUT2D eigenvalue weighted by molar-refractivity contribution is 5.32. The Morgan fingerprint density at radius 2 is 1.50 bits per heavy atom. The van der Waals surface area contributed by atoms with E-state index in [4.69, 9.17) is 0 Å². The lowest BCUT2D eigenvalue weighted by molar-refractivity contribution is 0.118. The SMILES string of the molecule is [CH2]CC(C)(O)C#CC#CC(C)(O)CC. The average molecular weight is 193 g/mol. The van der Waals surface area contributed by atoms with E-state index >= 15 is 0 Å². The molecule has 2 heteroatoms. The fourth-order valence-electron chi connectivity index (χ4n) is 0.483. The van der Waals surface area contributed by atoms with Crippen molar-refractivity contribution >= 4 is 0 Å². The second-order valence-electron chi connectivity index (χ2n) is 3.65. The van der Waals surface area contributed by atoms with Crippen LogP contribution >= 0.6 is 0 Å². The van der Waals surface area contributed by atoms with Gasteiger partial charge < -0.3 is 10.2 Å². The van der Waals surface area contributed by atoms with Crippen molar-refractivity contribution in [1.82, 2.24) is 0 Å². The molecule has 14 heavy (non-hydrogen) atoms. The molecule has 2 N–H and O–H groups in total. The predicted molar refractivity (Wildman–Crippen MR) is 57.1 cm³/mol. The van der Waals surface area contributed by atoms with Crippen LogP contribution in [0.15, 0.2) is 0 Å². The maximum Gasteiger partial charge on any atom is 0.123 e. The molecule has 0 aromatic carbocycles. The summed E-state index contributed by atoms with van der Waals surface area (Å²) in [6, 6.07) is 0. The second-order valence-corrected chi connectivity index (χ2v) is 3.65. The standard InChI is InChI=1S/C12H17O2/c1-5-11(3,13)9-7-8-10-12(4,14)6-2/h13-14H,1,5-6H2,2-4H3. The molecular weight excluding hydrogens is 176 g/mol. The lowest BCUT2D eigenvalue weighted by Gasteiger charge is -2.12. The van der Waals surface area contributed by atoms with Gasteiger partial charge >= 0.3 is 0 Å². The highest BCUT2D eigenvalue weighted by Gasteiger charge is 2.13. The van der Waals surface area contributed by atoms with Crippen LogP contribution in [0.4, 0.5) is 0 Å². The molecule has 0 amide bonds. The highest BCUT2D eigenvalue weighted by atomic mass is 16.3. The van der Waals surface area contributed by atoms with Gasteiger partial charge in [-0.1, -0.05) is 18.8 Å². The third kappa shape index (κ3) is 5.65. The van der Waals surface area contributed by atoms with Crippen molar-refractivity contribution in [3.05, 3.63) is 6.92 Å². The zero-order chi connectivity index (χ0) is 11.2. The Balaban J connectivity index is 4.43. The molecule has 2 atom stereocenters. The third-order valence-corrected chi connectivity index (χ3v) is 1.90. The van der Waals surface area contributed by atoms with Gasteiger partial charge in [0.25, 0.3) is 0 Å². The van der Waals surface area contributed by atoms with Crippen molar-refractivity contribution in [3.63, 3.8) is 0 Å². The van der Waals surface area contributed by atoms with Crippen molar-refractivity contribution in [2.24, 2.45) is 0 Å². The molecular formula is C12H17O2. The molecule has 0 aliphatic carbocycles. The van der Waals surface area contributed by atoms with E-state index in [1.54, 1.807) is 13.8 Å². The van der Waals surface area contributed by atoms with Gasteiger partial charge in [0.15, 0.2) is 0 Å². The molecule has 0 fully saturated rings. The normalized spacial score (nSPS) is 17.9. The molecule has 2 unspecified atom stereocenters. The largest absolute Gasteiger partial charge is 0.378 e. The summed E-state index contributed by atoms with van der Waals surface area (Å²) in [7, 11) is 0. The van der Waals surface area contributed by atoms with Crippen LogP contribution in [0.3, 0.4) is 0 Å². The summed E-state index contributed by atoms with van der Waals surface area (Å²) in [5.41, 5.74) is -2.09. The van der Waals surface area contributed by atoms with Crippen molar-refractivity contribution in [2.45, 2.75) is 44.8 Å². The summed E-state index contributed by atoms with van der Waals surface area (Å²) in [4.78, 5) is 0. The number of hydrogen-bond donors (Lipinski definition) is 2. The average Bonchev–Trinajstić information content (AvgIpc) is 2.13. The fraction of sp³-hybridized carbons (Fsp3) is 0.583. The zero-order valence-corrected chi connectivity index (χ0v) is 9.02. The molecule has 0 bridgehead atoms. The highest BCUT2D eigenvalue weighted by Crippen LogP contribution is 2.06. The molecule has 0 heterocycles. The predicted octanol–water partition coefficient (Wildman–Crippen LogP) is 1.13. The molecule has 0 aliphatic heterocycles. The van der Waals surface area contributed by atoms with Crippen LogP contribution in [0, 0.1) is 30.6 Å². The summed E-state index contributed by atoms with van der Waals surface area (Å²) < 4.78 is 0. The Hall–Kier alpha value is -0.960. The molecule has 0 rings (SSSR count). The number of rotatable bonds is 2. The zero-order valence-electron chi connectivity index (χ0n) is 9.02. The Morgan fingerprint density at radius 3 is 1.86 bits per heavy atom. The smallest absolute Gasteiger partial charge is 0.123 e. The van der Waals surface area contributed by atoms with Gasteiger partial charge in [-0.05, 0) is 45.5 Å². The van der Waals surface area contributed by atoms with Gasteiger partial charge in [0.2, 0.25) is 0 Å². The van der Waals surface area contributed by atoms with E-state index < -0.39 is 11.2 Å². The maximum absolute atomic E-state index is 9.49. The second kappa shape index (κ2) is 5.05. The number of hydrogen-bond acceptors (Lipinski definition) is 2. The first-order valence-electron chi connectivity index (χ1n) is 4.61. The van der Waals surface area contributed by atoms with E-state index in [-0.39, 0.29) is 0 Å². The van der Waals surface area contributed by atoms with Crippen LogP contribution in [0.1, 0.15) is 33.6 Å². The number of aliphatic hydroxyl groups is 2. The molecule has 77 valence electrons. The molecule has 0 saturated carbocycles. The van der Waals surface area contributed by atoms with Crippen LogP contribution < -0.4 is 0 Å². The Kier molecular flexibility index (Phi) is 4.71. The van der Waals surface area contributed by atoms with Gasteiger partial charge in [-0.3, -0.25) is 0 Å². The van der Waals surface area contributed by atoms with Gasteiger partial charge in [0, 0.05) is 0 Å². The maximum atomic E-state index is 9.49. The van der Waals surface area contributed by atoms with Crippen LogP contribution in [0.25, 0.3) is 0 Å². The molecule has 0 aromatic heterocycles. The van der Waals surface area contributed by atoms with E-state index in [2.05, 4.69) is 30.6 Å². The lowest BCUT2D eigenvalue weighted by Crippen LogP contribution is -2.20. The Bertz CT molecular complexity index is 260. The Labute approximate surface area is 86.3 Å². The van der Waals surface area contributed by atoms with Crippen molar-refractivity contribution in [1.29, 1.82) is 0 Å². The Morgan fingerprint density at radius 1 is 1.07 bits per heavy atom. The molecule has 1 radical (unpaired) electrons. The van der Waals surface area contributed by atoms with E-state index in [0.717, 1.165) is 0 Å². The summed E-state index contributed by atoms with van der Waals surface area (Å²) in [5, 5.41) is 18.9. The lowest BCUT2D eigenvalue weighted by atomic mass is 10.0. The molecule has 0 spiro atoms. The van der Waals surface area contributed by atoms with Gasteiger partial charge in [-0.15, -0.1) is 0 Å². The first kappa shape index (κ1) is 13.0. The van der Waals surface area contributed by atoms with Gasteiger partial charge in [0.05, 0.1) is 0 Å². The van der Waals surface area contributed by atoms with Crippen molar-refractivity contribution in [2.75, 3.05) is 0 Å². The molecule has 2 nitrogen and oxygen atoms in total. The van der Waals surface area contributed by atoms with E-state index in [1.807, 2.05) is 6.92 Å². The van der Waals surface area contributed by atoms with Crippen LogP contribution in [0.5, 0.6) is 0 Å². The van der Waals surface area contributed by atoms with Crippen molar-refractivity contribution < 1.29 is 10.2 Å². The van der Waals surface area contributed by atoms with Crippen LogP contribution in [0.2, 0.25) is 0 Å². The minimum Gasteiger partial charge on any atom is -0.378 e. The summed E-state index contributed by atoms with van der Waals surface area (Å²) in [5.74, 6) is 10.2. The van der Waals surface area contributed by atoms with Crippen molar-refractivity contribution in [3.8, 4) is 23.7 Å². The van der Waals surface area contributed by atoms with E-state index in [1.165, 1.54) is 0 Å². The summed E-state index contributed by atoms with van der Waals surface area (Å²) in [6.07, 6.45) is 0.860. The third-order valence-electron chi connectivity index (χ3n) is 1.90. The summed E-state index contributed by atoms with van der Waals surface area (Å²) >= 11 is 0. The first-order valence-corrected chi connectivity index (χ1v) is 4.61. The molecule has 0 saturated heterocycles. The minimum atomic E-state index is -1.09. The van der Waals surface area contributed by atoms with E-state index in [9.17, 15) is 10.2 Å². The van der Waals surface area contributed by atoms with Crippen LogP contribution in [-0.4, -0.2) is 21.4 Å². The quantitative estimate of drug-likeness (QED) is 0.645. The summed E-state index contributed by atoms with van der Waals surface area (Å²) in [6.45, 7) is 8.59. The van der Waals surface area contributed by atoms with Gasteiger partial charge in [-0.2, -0.15) is 0 Å². The van der Waals surface area contributed by atoms with Gasteiger partial charge in [0.1, 0.15) is 11.2 Å².